The number of carbonyl (C=O) groups excluding carboxylic acids is 4. The van der Waals surface area contributed by atoms with Crippen molar-refractivity contribution in [3.63, 3.8) is 0 Å². The number of carbonyl (C=O) groups is 4. The maximum Gasteiger partial charge on any atom is 0.248 e. The molecule has 8 atom stereocenters. The number of H-pyrrole nitrogens is 4. The highest BCUT2D eigenvalue weighted by atomic mass is 35.5. The SMILES string of the molecule is C=CC(=O)NC1CCOCC1c1n[nH]c2c1CCC(c1c(Cl)c(OC)cc(OC)c1Cl)C2.C=CC(=O)NC1COCC1c1n[nH]c2c1CCC(c1c(Cl)c(OC)cc(OC)c1Cl)C2.C=CC(=O)Nc1cnn(C)c1-c1n[nH]c2c1CCC(c1c(F)c(OC)cc(OC)c1F)C2.C=CC(=O)Nc1ncn(C)c1-c1n[nH]c2c1CCC(c1c(F)c(OC)cc(OC)c1F)C2. The van der Waals surface area contributed by atoms with Crippen LogP contribution >= 0.6 is 46.4 Å². The van der Waals surface area contributed by atoms with Gasteiger partial charge in [-0.15, -0.1) is 0 Å². The number of amides is 4. The summed E-state index contributed by atoms with van der Waals surface area (Å²) in [4.78, 5) is 51.5. The van der Waals surface area contributed by atoms with E-state index in [1.54, 1.807) is 70.2 Å². The van der Waals surface area contributed by atoms with Crippen molar-refractivity contribution in [1.82, 2.24) is 70.8 Å². The molecule has 38 heteroatoms. The summed E-state index contributed by atoms with van der Waals surface area (Å²) in [6.45, 7) is 16.1. The lowest BCUT2D eigenvalue weighted by atomic mass is 9.79. The molecule has 30 nitrogen and oxygen atoms in total. The van der Waals surface area contributed by atoms with Gasteiger partial charge in [0.25, 0.3) is 0 Å². The largest absolute Gasteiger partial charge is 0.495 e. The van der Waals surface area contributed by atoms with Crippen molar-refractivity contribution in [2.24, 2.45) is 14.1 Å². The van der Waals surface area contributed by atoms with Gasteiger partial charge in [-0.1, -0.05) is 72.7 Å². The Morgan fingerprint density at radius 3 is 1.22 bits per heavy atom. The van der Waals surface area contributed by atoms with Gasteiger partial charge in [0.1, 0.15) is 45.8 Å². The van der Waals surface area contributed by atoms with E-state index in [-0.39, 0.29) is 93.5 Å². The van der Waals surface area contributed by atoms with E-state index in [1.165, 1.54) is 76.1 Å². The Morgan fingerprint density at radius 1 is 0.449 bits per heavy atom. The Hall–Kier alpha value is -11.8. The number of aryl methyl sites for hydroxylation is 2. The maximum atomic E-state index is 15.0. The highest BCUT2D eigenvalue weighted by molar-refractivity contribution is 6.38. The minimum absolute atomic E-state index is 0.00420. The van der Waals surface area contributed by atoms with Crippen LogP contribution in [0.2, 0.25) is 20.1 Å². The Balaban J connectivity index is 0.000000145. The number of hydrogen-bond donors (Lipinski definition) is 8. The number of ether oxygens (including phenoxy) is 10. The first-order valence-corrected chi connectivity index (χ1v) is 42.3. The number of imidazole rings is 1. The van der Waals surface area contributed by atoms with Crippen LogP contribution < -0.4 is 59.2 Å². The molecule has 0 radical (unpaired) electrons. The van der Waals surface area contributed by atoms with Gasteiger partial charge in [-0.3, -0.25) is 44.3 Å². The topological polar surface area (TPSA) is 359 Å². The Kier molecular flexibility index (Phi) is 29.9. The first-order valence-electron chi connectivity index (χ1n) is 40.8. The van der Waals surface area contributed by atoms with E-state index >= 15 is 0 Å². The fraction of sp³-hybridized carbons (Fsp3) is 0.393. The van der Waals surface area contributed by atoms with Gasteiger partial charge in [-0.25, -0.2) is 22.5 Å². The second-order valence-electron chi connectivity index (χ2n) is 31.0. The molecule has 4 amide bonds. The summed E-state index contributed by atoms with van der Waals surface area (Å²) in [7, 11) is 15.2. The number of rotatable bonds is 24. The molecule has 2 aliphatic heterocycles. The van der Waals surface area contributed by atoms with Crippen molar-refractivity contribution >= 4 is 81.5 Å². The summed E-state index contributed by atoms with van der Waals surface area (Å²) in [5.41, 5.74) is 14.4. The third-order valence-electron chi connectivity index (χ3n) is 24.1. The van der Waals surface area contributed by atoms with Gasteiger partial charge < -0.3 is 73.2 Å². The standard InChI is InChI=1S/C23H27Cl2N3O4.C22H25Cl2N3O4.2C22H23F2N5O3/c1-4-19(29)26-15-7-8-32-11-14(15)23-13-6-5-12(9-16(13)27-28-23)20-21(24)17(30-2)10-18(31-3)22(20)25;1-4-18(28)25-15-10-31-9-13(15)22-12-6-5-11(7-14(12)26-27-22)19-20(23)16(29-2)8-17(30-3)21(19)24;1-5-17(30)26-14-10-25-29(2)22(14)21-12-7-6-11(8-13(12)27-28-21)18-19(23)15(31-3)9-16(32-4)20(18)24;1-5-16(30)26-22-21(29(2)10-25-22)20-12-7-6-11(8-13(12)27-28-20)17-18(23)14(31-3)9-15(32-4)19(17)24/h4,10,12,14-15H,1,5-9,11H2,2-3H3,(H,26,29)(H,27,28);4,8,11,13,15H,1,5-7,9-10H2,2-3H3,(H,25,28)(H,26,27);2*5,9-11H,1,6-8H2,2-4H3,(H,26,30)(H,27,28). The summed E-state index contributed by atoms with van der Waals surface area (Å²) in [5.74, 6) is -2.40. The number of benzene rings is 4. The highest BCUT2D eigenvalue weighted by Gasteiger charge is 2.42. The van der Waals surface area contributed by atoms with Gasteiger partial charge in [0.15, 0.2) is 52.1 Å². The van der Waals surface area contributed by atoms with Crippen molar-refractivity contribution in [3.8, 4) is 68.8 Å². The molecule has 0 saturated carbocycles. The van der Waals surface area contributed by atoms with E-state index in [1.807, 2.05) is 0 Å². The molecule has 127 heavy (non-hydrogen) atoms. The molecule has 4 aromatic carbocycles. The number of anilines is 2. The number of hydrogen-bond acceptors (Lipinski definition) is 20. The second-order valence-corrected chi connectivity index (χ2v) is 32.5. The van der Waals surface area contributed by atoms with E-state index in [9.17, 15) is 36.7 Å². The predicted octanol–water partition coefficient (Wildman–Crippen LogP) is 15.0. The zero-order valence-corrected chi connectivity index (χ0v) is 74.6. The van der Waals surface area contributed by atoms with Gasteiger partial charge in [0, 0.05) is 119 Å². The second kappa shape index (κ2) is 40.9. The molecule has 6 aromatic heterocycles. The third kappa shape index (κ3) is 19.0. The molecule has 674 valence electrons. The van der Waals surface area contributed by atoms with Crippen LogP contribution in [0, 0.1) is 23.3 Å². The zero-order chi connectivity index (χ0) is 90.9. The fourth-order valence-electron chi connectivity index (χ4n) is 17.7. The first-order chi connectivity index (χ1) is 61.2. The first kappa shape index (κ1) is 92.8. The number of methoxy groups -OCH3 is 8. The quantitative estimate of drug-likeness (QED) is 0.0206. The number of nitrogens with one attached hydrogen (secondary N) is 8. The molecule has 2 fully saturated rings. The zero-order valence-electron chi connectivity index (χ0n) is 71.6. The molecule has 6 aliphatic rings. The summed E-state index contributed by atoms with van der Waals surface area (Å²) in [6, 6.07) is 5.66. The minimum atomic E-state index is -0.722. The van der Waals surface area contributed by atoms with Crippen LogP contribution in [0.15, 0.2) is 87.4 Å². The monoisotopic (exact) mass is 1830 g/mol. The molecule has 8 N–H and O–H groups in total. The van der Waals surface area contributed by atoms with Crippen molar-refractivity contribution in [3.05, 3.63) is 209 Å². The molecule has 2 saturated heterocycles. The van der Waals surface area contributed by atoms with Crippen molar-refractivity contribution in [1.29, 1.82) is 0 Å². The van der Waals surface area contributed by atoms with Gasteiger partial charge in [0.2, 0.25) is 23.6 Å². The molecule has 4 aliphatic carbocycles. The van der Waals surface area contributed by atoms with Crippen LogP contribution in [-0.2, 0) is 94.1 Å². The summed E-state index contributed by atoms with van der Waals surface area (Å²) < 4.78 is 117. The van der Waals surface area contributed by atoms with Crippen LogP contribution in [0.25, 0.3) is 22.8 Å². The van der Waals surface area contributed by atoms with Crippen LogP contribution in [0.5, 0.6) is 46.0 Å². The molecule has 0 bridgehead atoms. The van der Waals surface area contributed by atoms with E-state index < -0.39 is 35.1 Å². The smallest absolute Gasteiger partial charge is 0.248 e. The van der Waals surface area contributed by atoms with E-state index in [0.29, 0.717) is 142 Å². The number of fused-ring (bicyclic) bond motifs is 4. The number of halogens is 8. The van der Waals surface area contributed by atoms with Crippen LogP contribution in [-0.4, -0.2) is 179 Å². The number of aromatic nitrogens is 12. The fourth-order valence-corrected chi connectivity index (χ4v) is 19.3. The van der Waals surface area contributed by atoms with Crippen LogP contribution in [0.3, 0.4) is 0 Å². The molecule has 8 unspecified atom stereocenters. The average Bonchev–Trinajstić information content (AvgIpc) is 1.67. The summed E-state index contributed by atoms with van der Waals surface area (Å²) in [5, 5.41) is 48.2. The average molecular weight is 1830 g/mol. The molecular formula is C89H98Cl4F4N16O14. The lowest BCUT2D eigenvalue weighted by Crippen LogP contribution is -2.44. The molecule has 16 rings (SSSR count). The van der Waals surface area contributed by atoms with E-state index in [0.717, 1.165) is 107 Å². The van der Waals surface area contributed by atoms with Crippen LogP contribution in [0.1, 0.15) is 146 Å². The number of nitrogens with zero attached hydrogens (tertiary/aromatic N) is 8. The maximum absolute atomic E-state index is 15.0. The van der Waals surface area contributed by atoms with Crippen molar-refractivity contribution < 1.29 is 84.1 Å². The predicted molar refractivity (Wildman–Crippen MR) is 470 cm³/mol. The summed E-state index contributed by atoms with van der Waals surface area (Å²) in [6.07, 6.45) is 16.3. The normalized spacial score (nSPS) is 18.9. The third-order valence-corrected chi connectivity index (χ3v) is 25.6. The number of aromatic amines is 4. The Bertz CT molecular complexity index is 5530. The molecule has 8 heterocycles. The minimum Gasteiger partial charge on any atom is -0.495 e. The lowest BCUT2D eigenvalue weighted by molar-refractivity contribution is -0.118. The van der Waals surface area contributed by atoms with E-state index in [4.69, 9.17) is 93.8 Å². The van der Waals surface area contributed by atoms with Gasteiger partial charge in [-0.05, 0) is 143 Å². The van der Waals surface area contributed by atoms with Crippen molar-refractivity contribution in [2.75, 3.05) is 93.9 Å². The van der Waals surface area contributed by atoms with E-state index in [2.05, 4.69) is 98.5 Å². The molecule has 0 spiro atoms. The van der Waals surface area contributed by atoms with Gasteiger partial charge in [-0.2, -0.15) is 25.5 Å². The molecule has 10 aromatic rings. The summed E-state index contributed by atoms with van der Waals surface area (Å²) >= 11 is 26.6. The Labute approximate surface area is 749 Å². The highest BCUT2D eigenvalue weighted by Crippen LogP contribution is 2.52. The van der Waals surface area contributed by atoms with Crippen molar-refractivity contribution in [2.45, 2.75) is 131 Å². The lowest BCUT2D eigenvalue weighted by Gasteiger charge is -2.32. The van der Waals surface area contributed by atoms with Gasteiger partial charge >= 0.3 is 0 Å². The van der Waals surface area contributed by atoms with Crippen LogP contribution in [0.4, 0.5) is 29.1 Å². The molecular weight excluding hydrogens is 1730 g/mol. The Morgan fingerprint density at radius 2 is 0.803 bits per heavy atom. The van der Waals surface area contributed by atoms with Gasteiger partial charge in [0.05, 0.1) is 132 Å².